The molecule has 2 rings (SSSR count). The second-order valence-corrected chi connectivity index (χ2v) is 8.37. The third-order valence-corrected chi connectivity index (χ3v) is 6.54. The summed E-state index contributed by atoms with van der Waals surface area (Å²) >= 11 is 19.3. The van der Waals surface area contributed by atoms with Crippen LogP contribution in [0.2, 0.25) is 9.49 Å². The van der Waals surface area contributed by atoms with Crippen LogP contribution in [0.15, 0.2) is 10.5 Å². The third-order valence-electron chi connectivity index (χ3n) is 2.35. The van der Waals surface area contributed by atoms with Crippen LogP contribution in [0.4, 0.5) is 0 Å². The topological polar surface area (TPSA) is 25.8 Å². The summed E-state index contributed by atoms with van der Waals surface area (Å²) in [4.78, 5) is 9.89. The van der Waals surface area contributed by atoms with Crippen LogP contribution in [0.3, 0.4) is 0 Å². The van der Waals surface area contributed by atoms with Crippen LogP contribution in [0.1, 0.15) is 19.5 Å². The molecule has 0 radical (unpaired) electrons. The number of thiophene rings is 1. The molecule has 2 aromatic heterocycles. The van der Waals surface area contributed by atoms with Gasteiger partial charge in [-0.25, -0.2) is 9.97 Å². The molecule has 0 spiro atoms. The van der Waals surface area contributed by atoms with Crippen molar-refractivity contribution in [1.29, 1.82) is 0 Å². The maximum atomic E-state index is 6.20. The van der Waals surface area contributed by atoms with Crippen molar-refractivity contribution in [3.05, 3.63) is 29.3 Å². The molecule has 0 saturated heterocycles. The van der Waals surface area contributed by atoms with Crippen molar-refractivity contribution in [1.82, 2.24) is 9.97 Å². The van der Waals surface area contributed by atoms with Crippen molar-refractivity contribution >= 4 is 73.1 Å². The monoisotopic (exact) mass is 490 g/mol. The van der Waals surface area contributed by atoms with Crippen LogP contribution in [-0.4, -0.2) is 9.97 Å². The smallest absolute Gasteiger partial charge is 0.171 e. The first-order chi connectivity index (χ1) is 8.88. The van der Waals surface area contributed by atoms with Crippen molar-refractivity contribution in [2.45, 2.75) is 20.3 Å². The number of halogens is 4. The Hall–Kier alpha value is 0.570. The molecule has 2 aromatic rings. The lowest BCUT2D eigenvalue weighted by Gasteiger charge is -2.09. The zero-order chi connectivity index (χ0) is 14.2. The highest BCUT2D eigenvalue weighted by atomic mass is 127. The quantitative estimate of drug-likeness (QED) is 0.384. The molecule has 0 unspecified atom stereocenters. The van der Waals surface area contributed by atoms with Gasteiger partial charge in [-0.1, -0.05) is 37.0 Å². The number of aromatic nitrogens is 2. The van der Waals surface area contributed by atoms with Gasteiger partial charge in [-0.15, -0.1) is 11.3 Å². The maximum absolute atomic E-state index is 6.20. The molecule has 0 amide bonds. The predicted molar refractivity (Wildman–Crippen MR) is 94.3 cm³/mol. The number of hydrogen-bond donors (Lipinski definition) is 0. The SMILES string of the molecule is CC(C)Cc1nc(-c2cc(Br)c(Cl)s2)nc(Cl)c1I. The molecule has 0 N–H and O–H groups in total. The molecule has 0 aliphatic heterocycles. The van der Waals surface area contributed by atoms with E-state index in [1.54, 1.807) is 0 Å². The molecule has 0 aliphatic carbocycles. The van der Waals surface area contributed by atoms with Gasteiger partial charge in [0.05, 0.1) is 14.1 Å². The van der Waals surface area contributed by atoms with Crippen LogP contribution >= 0.6 is 73.1 Å². The fourth-order valence-corrected chi connectivity index (χ4v) is 3.84. The molecule has 2 nitrogen and oxygen atoms in total. The number of rotatable bonds is 3. The Morgan fingerprint density at radius 2 is 2.05 bits per heavy atom. The Morgan fingerprint density at radius 3 is 2.58 bits per heavy atom. The van der Waals surface area contributed by atoms with E-state index in [1.165, 1.54) is 11.3 Å². The predicted octanol–water partition coefficient (Wildman–Crippen LogP) is 6.08. The van der Waals surface area contributed by atoms with Crippen molar-refractivity contribution < 1.29 is 0 Å². The van der Waals surface area contributed by atoms with Gasteiger partial charge in [-0.05, 0) is 56.9 Å². The Balaban J connectivity index is 2.49. The number of nitrogens with zero attached hydrogens (tertiary/aromatic N) is 2. The van der Waals surface area contributed by atoms with Crippen molar-refractivity contribution in [3.8, 4) is 10.7 Å². The highest BCUT2D eigenvalue weighted by molar-refractivity contribution is 14.1. The molecular formula is C12H10BrCl2IN2S. The average Bonchev–Trinajstić information content (AvgIpc) is 2.65. The fraction of sp³-hybridized carbons (Fsp3) is 0.333. The third kappa shape index (κ3) is 3.81. The van der Waals surface area contributed by atoms with E-state index in [4.69, 9.17) is 23.2 Å². The maximum Gasteiger partial charge on any atom is 0.171 e. The van der Waals surface area contributed by atoms with Gasteiger partial charge in [0, 0.05) is 4.47 Å². The van der Waals surface area contributed by atoms with Crippen molar-refractivity contribution in [3.63, 3.8) is 0 Å². The first-order valence-electron chi connectivity index (χ1n) is 5.55. The van der Waals surface area contributed by atoms with E-state index in [-0.39, 0.29) is 0 Å². The van der Waals surface area contributed by atoms with Gasteiger partial charge in [0.1, 0.15) is 9.49 Å². The highest BCUT2D eigenvalue weighted by Gasteiger charge is 2.15. The second-order valence-electron chi connectivity index (χ2n) is 4.43. The van der Waals surface area contributed by atoms with Gasteiger partial charge in [0.25, 0.3) is 0 Å². The standard InChI is InChI=1S/C12H10BrCl2IN2S/c1-5(2)3-7-9(16)10(14)18-12(17-7)8-4-6(13)11(15)19-8/h4-5H,3H2,1-2H3. The highest BCUT2D eigenvalue weighted by Crippen LogP contribution is 2.37. The van der Waals surface area contributed by atoms with Gasteiger partial charge in [-0.3, -0.25) is 0 Å². The van der Waals surface area contributed by atoms with Crippen molar-refractivity contribution in [2.24, 2.45) is 5.92 Å². The van der Waals surface area contributed by atoms with E-state index in [1.807, 2.05) is 6.07 Å². The number of hydrogen-bond acceptors (Lipinski definition) is 3. The molecular weight excluding hydrogens is 482 g/mol. The van der Waals surface area contributed by atoms with E-state index < -0.39 is 0 Å². The first kappa shape index (κ1) is 15.9. The lowest BCUT2D eigenvalue weighted by atomic mass is 10.1. The Bertz CT molecular complexity index is 597. The molecule has 19 heavy (non-hydrogen) atoms. The molecule has 0 aliphatic rings. The first-order valence-corrected chi connectivity index (χ1v) is 9.00. The summed E-state index contributed by atoms with van der Waals surface area (Å²) < 4.78 is 2.48. The van der Waals surface area contributed by atoms with E-state index in [0.717, 1.165) is 25.0 Å². The van der Waals surface area contributed by atoms with Crippen LogP contribution in [0, 0.1) is 9.49 Å². The molecule has 0 atom stereocenters. The van der Waals surface area contributed by atoms with Crippen LogP contribution in [0.5, 0.6) is 0 Å². The molecule has 7 heteroatoms. The van der Waals surface area contributed by atoms with Gasteiger partial charge < -0.3 is 0 Å². The van der Waals surface area contributed by atoms with Gasteiger partial charge in [0.2, 0.25) is 0 Å². The molecule has 0 aromatic carbocycles. The summed E-state index contributed by atoms with van der Waals surface area (Å²) in [6.45, 7) is 4.31. The molecule has 102 valence electrons. The van der Waals surface area contributed by atoms with Gasteiger partial charge in [0.15, 0.2) is 5.82 Å². The minimum absolute atomic E-state index is 0.502. The lowest BCUT2D eigenvalue weighted by molar-refractivity contribution is 0.632. The van der Waals surface area contributed by atoms with Crippen LogP contribution < -0.4 is 0 Å². The zero-order valence-corrected chi connectivity index (χ0v) is 16.2. The Kier molecular flexibility index (Phi) is 5.50. The summed E-state index contributed by atoms with van der Waals surface area (Å²) in [6, 6.07) is 1.92. The summed E-state index contributed by atoms with van der Waals surface area (Å²) in [5.74, 6) is 1.16. The van der Waals surface area contributed by atoms with Crippen LogP contribution in [0.25, 0.3) is 10.7 Å². The van der Waals surface area contributed by atoms with Crippen LogP contribution in [-0.2, 0) is 6.42 Å². The second kappa shape index (κ2) is 6.56. The summed E-state index contributed by atoms with van der Waals surface area (Å²) in [7, 11) is 0. The van der Waals surface area contributed by atoms with E-state index >= 15 is 0 Å². The summed E-state index contributed by atoms with van der Waals surface area (Å²) in [5.41, 5.74) is 0.992. The molecule has 0 fully saturated rings. The summed E-state index contributed by atoms with van der Waals surface area (Å²) in [6.07, 6.45) is 0.883. The largest absolute Gasteiger partial charge is 0.231 e. The molecule has 2 heterocycles. The average molecular weight is 492 g/mol. The van der Waals surface area contributed by atoms with E-state index in [9.17, 15) is 0 Å². The van der Waals surface area contributed by atoms with Gasteiger partial charge in [-0.2, -0.15) is 0 Å². The normalized spacial score (nSPS) is 11.3. The Labute approximate surface area is 148 Å². The van der Waals surface area contributed by atoms with Crippen molar-refractivity contribution in [2.75, 3.05) is 0 Å². The minimum atomic E-state index is 0.502. The van der Waals surface area contributed by atoms with Gasteiger partial charge >= 0.3 is 0 Å². The molecule has 0 saturated carbocycles. The minimum Gasteiger partial charge on any atom is -0.231 e. The summed E-state index contributed by atoms with van der Waals surface area (Å²) in [5, 5.41) is 0.502. The Morgan fingerprint density at radius 1 is 1.37 bits per heavy atom. The van der Waals surface area contributed by atoms with E-state index in [0.29, 0.717) is 21.2 Å². The zero-order valence-electron chi connectivity index (χ0n) is 10.2. The van der Waals surface area contributed by atoms with E-state index in [2.05, 4.69) is 62.3 Å². The lowest BCUT2D eigenvalue weighted by Crippen LogP contribution is -2.04. The fourth-order valence-electron chi connectivity index (χ4n) is 1.55. The molecule has 0 bridgehead atoms.